The molecule has 4 nitrogen and oxygen atoms in total. The number of benzene rings is 7. The van der Waals surface area contributed by atoms with Crippen molar-refractivity contribution in [3.05, 3.63) is 221 Å². The van der Waals surface area contributed by atoms with E-state index in [-0.39, 0.29) is 5.92 Å². The van der Waals surface area contributed by atoms with E-state index in [2.05, 4.69) is 179 Å². The Labute approximate surface area is 332 Å². The third kappa shape index (κ3) is 4.79. The fourth-order valence-electron chi connectivity index (χ4n) is 9.97. The maximum atomic E-state index is 10.4. The van der Waals surface area contributed by atoms with Gasteiger partial charge in [-0.05, 0) is 113 Å². The van der Waals surface area contributed by atoms with Crippen molar-refractivity contribution in [2.24, 2.45) is 5.92 Å². The molecule has 3 aliphatic rings. The van der Waals surface area contributed by atoms with Crippen molar-refractivity contribution in [2.45, 2.75) is 18.8 Å². The molecule has 2 unspecified atom stereocenters. The van der Waals surface area contributed by atoms with Crippen molar-refractivity contribution in [2.75, 3.05) is 4.90 Å². The van der Waals surface area contributed by atoms with Gasteiger partial charge in [0.15, 0.2) is 11.5 Å². The number of nitrogens with zero attached hydrogens (tertiary/aromatic N) is 3. The molecule has 57 heavy (non-hydrogen) atoms. The topological polar surface area (TPSA) is 41.2 Å². The van der Waals surface area contributed by atoms with Crippen LogP contribution in [0.15, 0.2) is 199 Å². The number of hydrogen-bond acceptors (Lipinski definition) is 3. The zero-order valence-corrected chi connectivity index (χ0v) is 31.4. The van der Waals surface area contributed by atoms with Gasteiger partial charge < -0.3 is 14.2 Å². The minimum Gasteiger partial charge on any atom is -0.453 e. The van der Waals surface area contributed by atoms with Gasteiger partial charge in [0.05, 0.1) is 33.9 Å². The highest BCUT2D eigenvalue weighted by molar-refractivity contribution is 6.09. The number of ether oxygens (including phenoxy) is 1. The summed E-state index contributed by atoms with van der Waals surface area (Å²) in [6.45, 7) is 1.96. The summed E-state index contributed by atoms with van der Waals surface area (Å²) in [6.07, 6.45) is 7.55. The van der Waals surface area contributed by atoms with Crippen molar-refractivity contribution in [1.29, 1.82) is 5.26 Å². The third-order valence-electron chi connectivity index (χ3n) is 12.3. The molecule has 7 aromatic carbocycles. The first-order valence-electron chi connectivity index (χ1n) is 19.6. The first kappa shape index (κ1) is 33.0. The van der Waals surface area contributed by atoms with Crippen LogP contribution in [0.2, 0.25) is 0 Å². The van der Waals surface area contributed by atoms with Crippen LogP contribution in [0.4, 0.5) is 17.1 Å². The second-order valence-electron chi connectivity index (χ2n) is 15.1. The van der Waals surface area contributed by atoms with Gasteiger partial charge in [-0.1, -0.05) is 121 Å². The Kier molecular flexibility index (Phi) is 7.46. The molecule has 11 rings (SSSR count). The number of para-hydroxylation sites is 6. The molecule has 2 heterocycles. The third-order valence-corrected chi connectivity index (χ3v) is 12.3. The van der Waals surface area contributed by atoms with E-state index in [1.165, 1.54) is 44.1 Å². The predicted octanol–water partition coefficient (Wildman–Crippen LogP) is 13.5. The molecule has 0 saturated carbocycles. The van der Waals surface area contributed by atoms with Gasteiger partial charge in [-0.3, -0.25) is 0 Å². The first-order valence-corrected chi connectivity index (χ1v) is 19.6. The Morgan fingerprint density at radius 3 is 2.07 bits per heavy atom. The van der Waals surface area contributed by atoms with Gasteiger partial charge in [0.1, 0.15) is 0 Å². The summed E-state index contributed by atoms with van der Waals surface area (Å²) in [7, 11) is 0. The summed E-state index contributed by atoms with van der Waals surface area (Å²) in [5.74, 6) is 1.69. The molecule has 0 saturated heterocycles. The van der Waals surface area contributed by atoms with Crippen LogP contribution < -0.4 is 9.64 Å². The van der Waals surface area contributed by atoms with Gasteiger partial charge in [0.25, 0.3) is 0 Å². The summed E-state index contributed by atoms with van der Waals surface area (Å²) >= 11 is 0. The van der Waals surface area contributed by atoms with E-state index in [0.717, 1.165) is 57.4 Å². The zero-order valence-electron chi connectivity index (χ0n) is 31.4. The van der Waals surface area contributed by atoms with E-state index in [1.54, 1.807) is 0 Å². The molecular weight excluding hydrogens is 695 g/mol. The summed E-state index contributed by atoms with van der Waals surface area (Å²) in [5, 5.41) is 12.8. The molecule has 1 aliphatic heterocycles. The van der Waals surface area contributed by atoms with Crippen molar-refractivity contribution in [1.82, 2.24) is 4.57 Å². The Morgan fingerprint density at radius 1 is 0.649 bits per heavy atom. The summed E-state index contributed by atoms with van der Waals surface area (Å²) < 4.78 is 8.75. The number of fused-ring (bicyclic) bond motifs is 7. The van der Waals surface area contributed by atoms with Crippen LogP contribution in [-0.4, -0.2) is 4.57 Å². The average molecular weight is 732 g/mol. The van der Waals surface area contributed by atoms with Gasteiger partial charge in [0, 0.05) is 33.6 Å². The molecule has 4 heteroatoms. The SMILES string of the molecule is C/C(C#N)=C1\C2=CC=CCC2C(c2ccc(N3c4ccccc4Oc4ccccc43)cc2)(c2ccc3c(c2)c2ccccc2n3-c2ccccc2)c2ccccc21. The Bertz CT molecular complexity index is 3000. The molecule has 2 atom stereocenters. The maximum absolute atomic E-state index is 10.4. The number of aromatic nitrogens is 1. The predicted molar refractivity (Wildman–Crippen MR) is 232 cm³/mol. The lowest BCUT2D eigenvalue weighted by molar-refractivity contribution is 0.426. The number of rotatable bonds is 4. The Hall–Kier alpha value is -7.35. The Morgan fingerprint density at radius 2 is 1.30 bits per heavy atom. The van der Waals surface area contributed by atoms with Crippen LogP contribution in [0, 0.1) is 17.2 Å². The molecule has 8 aromatic rings. The van der Waals surface area contributed by atoms with E-state index in [1.807, 2.05) is 31.2 Å². The van der Waals surface area contributed by atoms with Gasteiger partial charge >= 0.3 is 0 Å². The number of anilines is 3. The van der Waals surface area contributed by atoms with Crippen LogP contribution in [-0.2, 0) is 5.41 Å². The van der Waals surface area contributed by atoms with Crippen LogP contribution in [0.25, 0.3) is 33.1 Å². The highest BCUT2D eigenvalue weighted by Crippen LogP contribution is 2.60. The second kappa shape index (κ2) is 12.9. The summed E-state index contributed by atoms with van der Waals surface area (Å²) in [6, 6.07) is 63.6. The number of hydrogen-bond donors (Lipinski definition) is 0. The van der Waals surface area contributed by atoms with Crippen molar-refractivity contribution < 1.29 is 4.74 Å². The van der Waals surface area contributed by atoms with Crippen molar-refractivity contribution >= 4 is 44.4 Å². The van der Waals surface area contributed by atoms with E-state index in [4.69, 9.17) is 4.74 Å². The van der Waals surface area contributed by atoms with E-state index in [0.29, 0.717) is 0 Å². The lowest BCUT2D eigenvalue weighted by atomic mass is 9.52. The fraction of sp³-hybridized carbons (Fsp3) is 0.0755. The highest BCUT2D eigenvalue weighted by Gasteiger charge is 2.51. The zero-order chi connectivity index (χ0) is 38.1. The molecule has 0 amide bonds. The lowest BCUT2D eigenvalue weighted by Crippen LogP contribution is -2.43. The molecule has 0 radical (unpaired) electrons. The normalized spacial score (nSPS) is 18.8. The minimum absolute atomic E-state index is 0.0336. The average Bonchev–Trinajstić information content (AvgIpc) is 3.61. The van der Waals surface area contributed by atoms with Crippen LogP contribution in [0.5, 0.6) is 11.5 Å². The summed E-state index contributed by atoms with van der Waals surface area (Å²) in [4.78, 5) is 2.30. The smallest absolute Gasteiger partial charge is 0.151 e. The van der Waals surface area contributed by atoms with Gasteiger partial charge in [-0.2, -0.15) is 5.26 Å². The largest absolute Gasteiger partial charge is 0.453 e. The molecule has 2 aliphatic carbocycles. The van der Waals surface area contributed by atoms with Crippen molar-refractivity contribution in [3.8, 4) is 23.3 Å². The summed E-state index contributed by atoms with van der Waals surface area (Å²) in [5.41, 5.74) is 13.7. The van der Waals surface area contributed by atoms with Crippen LogP contribution in [0.3, 0.4) is 0 Å². The Balaban J connectivity index is 1.20. The highest BCUT2D eigenvalue weighted by atomic mass is 16.5. The lowest BCUT2D eigenvalue weighted by Gasteiger charge is -2.49. The standard InChI is InChI=1S/C53H37N3O/c1-35(34-54)52-41-18-5-8-20-44(41)53(45-21-9-6-19-42(45)52,37-29-32-47-43(33-37)40-17-7-10-22-46(40)55(47)38-15-3-2-4-16-38)36-27-30-39(31-28-36)56-48-23-11-13-25-50(48)57-51-26-14-12-24-49(51)56/h2-20,22-33,45H,21H2,1H3/b52-35+. The molecule has 270 valence electrons. The second-order valence-corrected chi connectivity index (χ2v) is 15.1. The van der Waals surface area contributed by atoms with E-state index < -0.39 is 5.41 Å². The van der Waals surface area contributed by atoms with E-state index in [9.17, 15) is 5.26 Å². The minimum atomic E-state index is -0.587. The van der Waals surface area contributed by atoms with Gasteiger partial charge in [-0.15, -0.1) is 0 Å². The van der Waals surface area contributed by atoms with Crippen LogP contribution >= 0.6 is 0 Å². The van der Waals surface area contributed by atoms with Gasteiger partial charge in [0.2, 0.25) is 0 Å². The van der Waals surface area contributed by atoms with Crippen LogP contribution in [0.1, 0.15) is 35.6 Å². The monoisotopic (exact) mass is 731 g/mol. The van der Waals surface area contributed by atoms with Crippen molar-refractivity contribution in [3.63, 3.8) is 0 Å². The number of allylic oxidation sites excluding steroid dienone is 6. The first-order chi connectivity index (χ1) is 28.2. The molecule has 0 fully saturated rings. The molecule has 0 spiro atoms. The maximum Gasteiger partial charge on any atom is 0.151 e. The molecule has 1 aromatic heterocycles. The van der Waals surface area contributed by atoms with Gasteiger partial charge in [-0.25, -0.2) is 0 Å². The fourth-order valence-corrected chi connectivity index (χ4v) is 9.97. The molecule has 0 N–H and O–H groups in total. The number of nitriles is 1. The quantitative estimate of drug-likeness (QED) is 0.169. The molecular formula is C53H37N3O. The molecule has 0 bridgehead atoms. The van der Waals surface area contributed by atoms with E-state index >= 15 is 0 Å².